The topological polar surface area (TPSA) is 26.3 Å². The Bertz CT molecular complexity index is 118. The highest BCUT2D eigenvalue weighted by Gasteiger charge is 1.92. The largest absolute Gasteiger partial charge is 0.327 e. The third-order valence-electron chi connectivity index (χ3n) is 2.39. The van der Waals surface area contributed by atoms with Gasteiger partial charge in [0.05, 0.1) is 6.61 Å². The van der Waals surface area contributed by atoms with Gasteiger partial charge in [-0.15, -0.1) is 0 Å². The summed E-state index contributed by atoms with van der Waals surface area (Å²) in [6.07, 6.45) is 11.8. The maximum Gasteiger partial charge on any atom is 0.327 e. The lowest BCUT2D eigenvalue weighted by Crippen LogP contribution is -1.85. The number of hydrogen-bond acceptors (Lipinski definition) is 2. The lowest BCUT2D eigenvalue weighted by atomic mass is 10.1. The van der Waals surface area contributed by atoms with E-state index in [1.54, 1.807) is 0 Å². The molecule has 0 aliphatic rings. The van der Waals surface area contributed by atoms with Crippen molar-refractivity contribution in [1.82, 2.24) is 0 Å². The van der Waals surface area contributed by atoms with Gasteiger partial charge in [-0.1, -0.05) is 58.3 Å². The molecule has 14 heavy (non-hydrogen) atoms. The molecule has 2 nitrogen and oxygen atoms in total. The van der Waals surface area contributed by atoms with Crippen LogP contribution >= 0.6 is 8.69 Å². The predicted octanol–water partition coefficient (Wildman–Crippen LogP) is 4.74. The first-order valence-corrected chi connectivity index (χ1v) is 6.59. The van der Waals surface area contributed by atoms with Gasteiger partial charge in [0.15, 0.2) is 0 Å². The second-order valence-corrected chi connectivity index (χ2v) is 4.14. The summed E-state index contributed by atoms with van der Waals surface area (Å²) >= 11 is 0. The van der Waals surface area contributed by atoms with Crippen LogP contribution in [0.4, 0.5) is 0 Å². The Morgan fingerprint density at radius 3 is 1.86 bits per heavy atom. The predicted molar refractivity (Wildman–Crippen MR) is 60.8 cm³/mol. The van der Waals surface area contributed by atoms with Gasteiger partial charge in [-0.3, -0.25) is 4.52 Å². The average Bonchev–Trinajstić information content (AvgIpc) is 2.21. The van der Waals surface area contributed by atoms with E-state index in [1.165, 1.54) is 51.4 Å². The van der Waals surface area contributed by atoms with Crippen LogP contribution in [0.1, 0.15) is 64.7 Å². The van der Waals surface area contributed by atoms with E-state index < -0.39 is 0 Å². The minimum atomic E-state index is -0.176. The standard InChI is InChI=1S/C11H23O2P/c1-2-3-4-5-6-7-8-9-10-11-13-14-12/h2-11H2,1H3. The van der Waals surface area contributed by atoms with Crippen molar-refractivity contribution >= 4 is 8.69 Å². The molecule has 0 aromatic rings. The Morgan fingerprint density at radius 1 is 0.857 bits per heavy atom. The molecular weight excluding hydrogens is 195 g/mol. The summed E-state index contributed by atoms with van der Waals surface area (Å²) in [4.78, 5) is 0. The van der Waals surface area contributed by atoms with Crippen LogP contribution in [0.2, 0.25) is 0 Å². The second kappa shape index (κ2) is 13.1. The molecule has 0 aromatic carbocycles. The molecule has 0 rings (SSSR count). The first-order valence-electron chi connectivity index (χ1n) is 5.86. The zero-order chi connectivity index (χ0) is 10.5. The van der Waals surface area contributed by atoms with Gasteiger partial charge in [0.2, 0.25) is 0 Å². The molecule has 0 radical (unpaired) electrons. The molecule has 0 saturated heterocycles. The van der Waals surface area contributed by atoms with Crippen LogP contribution in [0.3, 0.4) is 0 Å². The van der Waals surface area contributed by atoms with Crippen molar-refractivity contribution in [2.45, 2.75) is 64.7 Å². The maximum atomic E-state index is 9.92. The summed E-state index contributed by atoms with van der Waals surface area (Å²) in [5, 5.41) is 0. The number of rotatable bonds is 11. The van der Waals surface area contributed by atoms with Gasteiger partial charge < -0.3 is 0 Å². The molecule has 0 aromatic heterocycles. The summed E-state index contributed by atoms with van der Waals surface area (Å²) in [7, 11) is -0.176. The molecule has 0 N–H and O–H groups in total. The second-order valence-electron chi connectivity index (χ2n) is 3.74. The van der Waals surface area contributed by atoms with E-state index in [0.717, 1.165) is 6.42 Å². The van der Waals surface area contributed by atoms with Crippen LogP contribution in [-0.4, -0.2) is 6.61 Å². The van der Waals surface area contributed by atoms with Gasteiger partial charge in [0.1, 0.15) is 0 Å². The number of hydrogen-bond donors (Lipinski definition) is 0. The van der Waals surface area contributed by atoms with Crippen LogP contribution in [0.5, 0.6) is 0 Å². The lowest BCUT2D eigenvalue weighted by molar-refractivity contribution is 0.328. The molecule has 0 amide bonds. The van der Waals surface area contributed by atoms with Gasteiger partial charge >= 0.3 is 8.69 Å². The van der Waals surface area contributed by atoms with Gasteiger partial charge in [-0.2, -0.15) is 0 Å². The van der Waals surface area contributed by atoms with Crippen molar-refractivity contribution in [1.29, 1.82) is 0 Å². The third kappa shape index (κ3) is 12.1. The van der Waals surface area contributed by atoms with E-state index in [9.17, 15) is 4.57 Å². The molecular formula is C11H23O2P. The van der Waals surface area contributed by atoms with Crippen molar-refractivity contribution < 1.29 is 9.09 Å². The molecule has 0 unspecified atom stereocenters. The highest BCUT2D eigenvalue weighted by molar-refractivity contribution is 7.17. The summed E-state index contributed by atoms with van der Waals surface area (Å²) in [5.74, 6) is 0. The van der Waals surface area contributed by atoms with E-state index in [-0.39, 0.29) is 8.69 Å². The zero-order valence-electron chi connectivity index (χ0n) is 9.33. The van der Waals surface area contributed by atoms with Crippen LogP contribution in [0.15, 0.2) is 0 Å². The van der Waals surface area contributed by atoms with E-state index in [4.69, 9.17) is 4.52 Å². The summed E-state index contributed by atoms with van der Waals surface area (Å²) in [5.41, 5.74) is 0. The van der Waals surface area contributed by atoms with E-state index in [0.29, 0.717) is 6.61 Å². The Kier molecular flexibility index (Phi) is 13.1. The summed E-state index contributed by atoms with van der Waals surface area (Å²) in [6, 6.07) is 0. The Hall–Kier alpha value is 0.0600. The molecule has 0 heterocycles. The van der Waals surface area contributed by atoms with Gasteiger partial charge in [0.25, 0.3) is 0 Å². The Labute approximate surface area is 89.7 Å². The van der Waals surface area contributed by atoms with Gasteiger partial charge in [0, 0.05) is 0 Å². The Balaban J connectivity index is 2.81. The van der Waals surface area contributed by atoms with Crippen LogP contribution in [-0.2, 0) is 9.09 Å². The maximum absolute atomic E-state index is 9.92. The minimum absolute atomic E-state index is 0.176. The lowest BCUT2D eigenvalue weighted by Gasteiger charge is -2.00. The monoisotopic (exact) mass is 218 g/mol. The van der Waals surface area contributed by atoms with Crippen LogP contribution < -0.4 is 0 Å². The quantitative estimate of drug-likeness (QED) is 0.370. The van der Waals surface area contributed by atoms with Crippen LogP contribution in [0, 0.1) is 0 Å². The van der Waals surface area contributed by atoms with Crippen LogP contribution in [0.25, 0.3) is 0 Å². The first-order chi connectivity index (χ1) is 6.91. The van der Waals surface area contributed by atoms with Crippen molar-refractivity contribution in [3.63, 3.8) is 0 Å². The first kappa shape index (κ1) is 14.1. The molecule has 0 atom stereocenters. The minimum Gasteiger partial charge on any atom is -0.294 e. The van der Waals surface area contributed by atoms with Gasteiger partial charge in [-0.25, -0.2) is 4.57 Å². The molecule has 0 fully saturated rings. The normalized spacial score (nSPS) is 10.9. The SMILES string of the molecule is CCCCCCCCCCCOP=O. The van der Waals surface area contributed by atoms with Crippen molar-refractivity contribution in [2.24, 2.45) is 0 Å². The third-order valence-corrected chi connectivity index (χ3v) is 2.68. The molecule has 0 aliphatic heterocycles. The molecule has 0 bridgehead atoms. The zero-order valence-corrected chi connectivity index (χ0v) is 10.2. The van der Waals surface area contributed by atoms with Crippen molar-refractivity contribution in [3.05, 3.63) is 0 Å². The fraction of sp³-hybridized carbons (Fsp3) is 1.00. The van der Waals surface area contributed by atoms with E-state index in [1.807, 2.05) is 0 Å². The molecule has 0 saturated carbocycles. The summed E-state index contributed by atoms with van der Waals surface area (Å²) < 4.78 is 14.6. The van der Waals surface area contributed by atoms with E-state index in [2.05, 4.69) is 6.92 Å². The molecule has 84 valence electrons. The number of unbranched alkanes of at least 4 members (excludes halogenated alkanes) is 8. The average molecular weight is 218 g/mol. The fourth-order valence-corrected chi connectivity index (χ4v) is 1.72. The molecule has 0 aliphatic carbocycles. The van der Waals surface area contributed by atoms with Crippen molar-refractivity contribution in [2.75, 3.05) is 6.61 Å². The van der Waals surface area contributed by atoms with Crippen molar-refractivity contribution in [3.8, 4) is 0 Å². The Morgan fingerprint density at radius 2 is 1.36 bits per heavy atom. The highest BCUT2D eigenvalue weighted by Crippen LogP contribution is 2.10. The van der Waals surface area contributed by atoms with Gasteiger partial charge in [-0.05, 0) is 6.42 Å². The smallest absolute Gasteiger partial charge is 0.294 e. The molecule has 0 spiro atoms. The fourth-order valence-electron chi connectivity index (χ4n) is 1.51. The molecule has 3 heteroatoms. The van der Waals surface area contributed by atoms with E-state index >= 15 is 0 Å². The highest BCUT2D eigenvalue weighted by atomic mass is 31.1. The summed E-state index contributed by atoms with van der Waals surface area (Å²) in [6.45, 7) is 2.89.